The van der Waals surface area contributed by atoms with Crippen LogP contribution in [-0.2, 0) is 6.54 Å². The monoisotopic (exact) mass is 278 g/mol. The van der Waals surface area contributed by atoms with Gasteiger partial charge in [0, 0.05) is 26.2 Å². The quantitative estimate of drug-likeness (QED) is 0.851. The maximum Gasteiger partial charge on any atom is 0.0642 e. The number of rotatable bonds is 6. The number of nitrogens with one attached hydrogen (secondary N) is 1. The van der Waals surface area contributed by atoms with Gasteiger partial charge in [-0.05, 0) is 49.3 Å². The molecule has 2 aliphatic rings. The van der Waals surface area contributed by atoms with E-state index < -0.39 is 0 Å². The van der Waals surface area contributed by atoms with E-state index >= 15 is 0 Å². The van der Waals surface area contributed by atoms with Gasteiger partial charge in [0.25, 0.3) is 0 Å². The van der Waals surface area contributed by atoms with Gasteiger partial charge in [0.1, 0.15) is 0 Å². The summed E-state index contributed by atoms with van der Waals surface area (Å²) in [5, 5.41) is 4.41. The van der Waals surface area contributed by atoms with Crippen molar-refractivity contribution in [3.05, 3.63) is 28.8 Å². The molecule has 0 aromatic heterocycles. The molecule has 0 radical (unpaired) electrons. The van der Waals surface area contributed by atoms with E-state index in [0.29, 0.717) is 0 Å². The molecular formula is C16H23ClN2. The van der Waals surface area contributed by atoms with Crippen LogP contribution in [0.3, 0.4) is 0 Å². The topological polar surface area (TPSA) is 15.3 Å². The molecule has 1 N–H and O–H groups in total. The molecule has 3 heteroatoms. The van der Waals surface area contributed by atoms with Crippen molar-refractivity contribution in [3.8, 4) is 0 Å². The Morgan fingerprint density at radius 1 is 1.26 bits per heavy atom. The minimum absolute atomic E-state index is 0.750. The van der Waals surface area contributed by atoms with Gasteiger partial charge in [0.2, 0.25) is 0 Å². The van der Waals surface area contributed by atoms with Crippen molar-refractivity contribution in [2.24, 2.45) is 5.92 Å². The maximum atomic E-state index is 6.43. The predicted molar refractivity (Wildman–Crippen MR) is 81.9 cm³/mol. The van der Waals surface area contributed by atoms with Gasteiger partial charge in [-0.15, -0.1) is 0 Å². The van der Waals surface area contributed by atoms with Gasteiger partial charge >= 0.3 is 0 Å². The lowest BCUT2D eigenvalue weighted by Crippen LogP contribution is -2.29. The van der Waals surface area contributed by atoms with Gasteiger partial charge in [0.05, 0.1) is 10.7 Å². The van der Waals surface area contributed by atoms with Gasteiger partial charge in [-0.2, -0.15) is 0 Å². The van der Waals surface area contributed by atoms with Crippen LogP contribution in [0.5, 0.6) is 0 Å². The van der Waals surface area contributed by atoms with Crippen LogP contribution in [-0.4, -0.2) is 19.6 Å². The second-order valence-corrected chi connectivity index (χ2v) is 6.53. The SMILES string of the molecule is CN(CC1CCC1)c1ccc(CNC2CC2)cc1Cl. The van der Waals surface area contributed by atoms with Gasteiger partial charge < -0.3 is 10.2 Å². The van der Waals surface area contributed by atoms with Crippen LogP contribution in [0.1, 0.15) is 37.7 Å². The molecule has 0 amide bonds. The van der Waals surface area contributed by atoms with Gasteiger partial charge in [-0.1, -0.05) is 24.1 Å². The fourth-order valence-corrected chi connectivity index (χ4v) is 3.03. The summed E-state index contributed by atoms with van der Waals surface area (Å²) in [5.41, 5.74) is 2.46. The number of halogens is 1. The second kappa shape index (κ2) is 5.72. The van der Waals surface area contributed by atoms with Crippen LogP contribution in [0.25, 0.3) is 0 Å². The number of hydrogen-bond acceptors (Lipinski definition) is 2. The molecule has 0 atom stereocenters. The Morgan fingerprint density at radius 3 is 2.63 bits per heavy atom. The number of nitrogens with zero attached hydrogens (tertiary/aromatic N) is 1. The van der Waals surface area contributed by atoms with Gasteiger partial charge in [0.15, 0.2) is 0 Å². The molecular weight excluding hydrogens is 256 g/mol. The van der Waals surface area contributed by atoms with Gasteiger partial charge in [-0.3, -0.25) is 0 Å². The van der Waals surface area contributed by atoms with Gasteiger partial charge in [-0.25, -0.2) is 0 Å². The molecule has 3 rings (SSSR count). The summed E-state index contributed by atoms with van der Waals surface area (Å²) in [5.74, 6) is 0.872. The Kier molecular flexibility index (Phi) is 3.99. The summed E-state index contributed by atoms with van der Waals surface area (Å²) in [6, 6.07) is 7.24. The Bertz CT molecular complexity index is 438. The summed E-state index contributed by atoms with van der Waals surface area (Å²) >= 11 is 6.43. The Labute approximate surface area is 121 Å². The lowest BCUT2D eigenvalue weighted by Gasteiger charge is -2.31. The number of anilines is 1. The summed E-state index contributed by atoms with van der Waals surface area (Å²) in [4.78, 5) is 2.31. The molecule has 104 valence electrons. The fraction of sp³-hybridized carbons (Fsp3) is 0.625. The van der Waals surface area contributed by atoms with Crippen LogP contribution < -0.4 is 10.2 Å². The average Bonchev–Trinajstić information content (AvgIpc) is 3.15. The van der Waals surface area contributed by atoms with Crippen molar-refractivity contribution in [2.45, 2.75) is 44.7 Å². The minimum atomic E-state index is 0.750. The third-order valence-corrected chi connectivity index (χ3v) is 4.66. The number of benzene rings is 1. The molecule has 2 fully saturated rings. The zero-order valence-corrected chi connectivity index (χ0v) is 12.4. The van der Waals surface area contributed by atoms with Crippen molar-refractivity contribution in [1.82, 2.24) is 5.32 Å². The molecule has 0 heterocycles. The highest BCUT2D eigenvalue weighted by atomic mass is 35.5. The first-order chi connectivity index (χ1) is 9.22. The molecule has 1 aromatic carbocycles. The van der Waals surface area contributed by atoms with Crippen LogP contribution in [0, 0.1) is 5.92 Å². The largest absolute Gasteiger partial charge is 0.373 e. The molecule has 1 aromatic rings. The second-order valence-electron chi connectivity index (χ2n) is 6.12. The first-order valence-electron chi connectivity index (χ1n) is 7.45. The van der Waals surface area contributed by atoms with Crippen LogP contribution in [0.4, 0.5) is 5.69 Å². The third-order valence-electron chi connectivity index (χ3n) is 4.35. The highest BCUT2D eigenvalue weighted by Crippen LogP contribution is 2.31. The molecule has 0 unspecified atom stereocenters. The van der Waals surface area contributed by atoms with Crippen molar-refractivity contribution in [3.63, 3.8) is 0 Å². The first-order valence-corrected chi connectivity index (χ1v) is 7.83. The highest BCUT2D eigenvalue weighted by molar-refractivity contribution is 6.33. The van der Waals surface area contributed by atoms with Crippen molar-refractivity contribution < 1.29 is 0 Å². The molecule has 0 spiro atoms. The molecule has 19 heavy (non-hydrogen) atoms. The first kappa shape index (κ1) is 13.3. The zero-order valence-electron chi connectivity index (χ0n) is 11.7. The van der Waals surface area contributed by atoms with Crippen LogP contribution >= 0.6 is 11.6 Å². The average molecular weight is 279 g/mol. The van der Waals surface area contributed by atoms with E-state index in [1.54, 1.807) is 0 Å². The van der Waals surface area contributed by atoms with E-state index in [9.17, 15) is 0 Å². The van der Waals surface area contributed by atoms with E-state index in [1.165, 1.54) is 43.4 Å². The van der Waals surface area contributed by atoms with E-state index in [2.05, 4.69) is 35.5 Å². The molecule has 2 nitrogen and oxygen atoms in total. The maximum absolute atomic E-state index is 6.43. The minimum Gasteiger partial charge on any atom is -0.373 e. The van der Waals surface area contributed by atoms with E-state index in [4.69, 9.17) is 11.6 Å². The zero-order chi connectivity index (χ0) is 13.2. The lowest BCUT2D eigenvalue weighted by atomic mass is 9.85. The molecule has 0 saturated heterocycles. The summed E-state index contributed by atoms with van der Waals surface area (Å²) in [7, 11) is 2.15. The Balaban J connectivity index is 1.60. The summed E-state index contributed by atoms with van der Waals surface area (Å²) in [6.45, 7) is 2.08. The lowest BCUT2D eigenvalue weighted by molar-refractivity contribution is 0.321. The summed E-state index contributed by atoms with van der Waals surface area (Å²) < 4.78 is 0. The summed E-state index contributed by atoms with van der Waals surface area (Å²) in [6.07, 6.45) is 6.82. The molecule has 2 saturated carbocycles. The van der Waals surface area contributed by atoms with E-state index in [1.807, 2.05) is 0 Å². The van der Waals surface area contributed by atoms with Crippen LogP contribution in [0.15, 0.2) is 18.2 Å². The van der Waals surface area contributed by atoms with E-state index in [0.717, 1.165) is 30.1 Å². The third kappa shape index (κ3) is 3.43. The molecule has 0 aliphatic heterocycles. The van der Waals surface area contributed by atoms with Crippen molar-refractivity contribution in [1.29, 1.82) is 0 Å². The number of hydrogen-bond donors (Lipinski definition) is 1. The predicted octanol–water partition coefficient (Wildman–Crippen LogP) is 3.83. The molecule has 2 aliphatic carbocycles. The molecule has 0 bridgehead atoms. The smallest absolute Gasteiger partial charge is 0.0642 e. The van der Waals surface area contributed by atoms with Crippen molar-refractivity contribution >= 4 is 17.3 Å². The fourth-order valence-electron chi connectivity index (χ4n) is 2.68. The Hall–Kier alpha value is -0.730. The van der Waals surface area contributed by atoms with Crippen LogP contribution in [0.2, 0.25) is 5.02 Å². The standard InChI is InChI=1S/C16H23ClN2/c1-19(11-12-3-2-4-12)16-8-5-13(9-15(16)17)10-18-14-6-7-14/h5,8-9,12,14,18H,2-4,6-7,10-11H2,1H3. The highest BCUT2D eigenvalue weighted by Gasteiger charge is 2.21. The Morgan fingerprint density at radius 2 is 2.05 bits per heavy atom. The normalized spacial score (nSPS) is 19.3. The van der Waals surface area contributed by atoms with Crippen molar-refractivity contribution in [2.75, 3.05) is 18.5 Å². The van der Waals surface area contributed by atoms with E-state index in [-0.39, 0.29) is 0 Å².